The Hall–Kier alpha value is -6.90. The maximum Gasteiger partial charge on any atom is 0.161 e. The molecule has 0 saturated carbocycles. The van der Waals surface area contributed by atoms with Crippen molar-refractivity contribution < 1.29 is 0 Å². The summed E-state index contributed by atoms with van der Waals surface area (Å²) in [4.78, 5) is 10.5. The Kier molecular flexibility index (Phi) is 7.18. The molecule has 0 atom stereocenters. The van der Waals surface area contributed by atoms with E-state index in [1.165, 1.54) is 44.2 Å². The van der Waals surface area contributed by atoms with E-state index in [0.29, 0.717) is 5.82 Å². The van der Waals surface area contributed by atoms with E-state index in [1.807, 2.05) is 12.1 Å². The Bertz CT molecular complexity index is 2740. The van der Waals surface area contributed by atoms with Crippen molar-refractivity contribution in [2.24, 2.45) is 0 Å². The normalized spacial score (nSPS) is 11.5. The first-order valence-electron chi connectivity index (χ1n) is 17.8. The fraction of sp³-hybridized carbons (Fsp3) is 0. The second-order valence-electron chi connectivity index (χ2n) is 13.3. The molecule has 1 heterocycles. The third-order valence-corrected chi connectivity index (χ3v) is 10.3. The van der Waals surface area contributed by atoms with E-state index in [4.69, 9.17) is 9.97 Å². The smallest absolute Gasteiger partial charge is 0.161 e. The molecule has 0 aliphatic heterocycles. The highest BCUT2D eigenvalue weighted by Gasteiger charge is 2.22. The van der Waals surface area contributed by atoms with E-state index in [2.05, 4.69) is 182 Å². The summed E-state index contributed by atoms with van der Waals surface area (Å²) in [5.41, 5.74) is 17.1. The molecule has 52 heavy (non-hydrogen) atoms. The Morgan fingerprint density at radius 1 is 0.250 bits per heavy atom. The van der Waals surface area contributed by atoms with E-state index in [-0.39, 0.29) is 0 Å². The summed E-state index contributed by atoms with van der Waals surface area (Å²) >= 11 is 0. The Morgan fingerprint density at radius 3 is 1.37 bits per heavy atom. The number of fused-ring (bicyclic) bond motifs is 3. The highest BCUT2D eigenvalue weighted by atomic mass is 14.9. The molecule has 0 radical (unpaired) electrons. The largest absolute Gasteiger partial charge is 0.228 e. The molecule has 0 amide bonds. The molecule has 1 aliphatic rings. The van der Waals surface area contributed by atoms with Crippen LogP contribution in [0.2, 0.25) is 0 Å². The SMILES string of the molecule is c1ccc(-c2cc(-c3ccccc3-c3ccc(-c4ccc5c6c(cccc46)-c4ccccc4-5)cc3)nc(-c3ccccc3-c3ccccc3)n2)cc1. The van der Waals surface area contributed by atoms with Gasteiger partial charge >= 0.3 is 0 Å². The van der Waals surface area contributed by atoms with E-state index in [0.717, 1.165) is 50.3 Å². The predicted molar refractivity (Wildman–Crippen MR) is 217 cm³/mol. The van der Waals surface area contributed by atoms with Crippen molar-refractivity contribution in [1.29, 1.82) is 0 Å². The van der Waals surface area contributed by atoms with Crippen molar-refractivity contribution in [2.45, 2.75) is 0 Å². The standard InChI is InChI=1S/C50H32N2/c1-3-14-33(15-4-1)38-19-8-12-23-46(38)50-51-47(36-16-5-2-6-17-36)32-48(52-50)42-22-11-7-18-37(42)34-26-28-35(29-27-34)39-30-31-45-41-21-10-9-20-40(41)44-25-13-24-43(39)49(44)45/h1-32H. The van der Waals surface area contributed by atoms with Crippen molar-refractivity contribution >= 4 is 10.8 Å². The van der Waals surface area contributed by atoms with Gasteiger partial charge in [0, 0.05) is 16.7 Å². The molecule has 2 nitrogen and oxygen atoms in total. The number of benzene rings is 8. The monoisotopic (exact) mass is 660 g/mol. The van der Waals surface area contributed by atoms with Gasteiger partial charge in [0.1, 0.15) is 0 Å². The maximum atomic E-state index is 5.30. The van der Waals surface area contributed by atoms with Crippen molar-refractivity contribution in [3.05, 3.63) is 194 Å². The first kappa shape index (κ1) is 30.0. The molecule has 1 aromatic heterocycles. The van der Waals surface area contributed by atoms with Crippen molar-refractivity contribution in [2.75, 3.05) is 0 Å². The summed E-state index contributed by atoms with van der Waals surface area (Å²) < 4.78 is 0. The van der Waals surface area contributed by atoms with Crippen LogP contribution >= 0.6 is 0 Å². The van der Waals surface area contributed by atoms with Gasteiger partial charge in [-0.15, -0.1) is 0 Å². The molecule has 0 unspecified atom stereocenters. The minimum Gasteiger partial charge on any atom is -0.228 e. The summed E-state index contributed by atoms with van der Waals surface area (Å²) in [5, 5.41) is 2.63. The Morgan fingerprint density at radius 2 is 0.692 bits per heavy atom. The van der Waals surface area contributed by atoms with Gasteiger partial charge in [0.05, 0.1) is 11.4 Å². The summed E-state index contributed by atoms with van der Waals surface area (Å²) in [6.45, 7) is 0. The fourth-order valence-corrected chi connectivity index (χ4v) is 7.86. The summed E-state index contributed by atoms with van der Waals surface area (Å²) in [7, 11) is 0. The second-order valence-corrected chi connectivity index (χ2v) is 13.3. The first-order valence-corrected chi connectivity index (χ1v) is 17.8. The van der Waals surface area contributed by atoms with Crippen molar-refractivity contribution in [3.8, 4) is 89.5 Å². The number of rotatable bonds is 6. The van der Waals surface area contributed by atoms with Gasteiger partial charge < -0.3 is 0 Å². The van der Waals surface area contributed by atoms with Crippen LogP contribution < -0.4 is 0 Å². The predicted octanol–water partition coefficient (Wildman–Crippen LogP) is 13.3. The van der Waals surface area contributed by atoms with Crippen LogP contribution in [-0.4, -0.2) is 9.97 Å². The molecule has 8 aromatic carbocycles. The van der Waals surface area contributed by atoms with Gasteiger partial charge in [-0.2, -0.15) is 0 Å². The number of aromatic nitrogens is 2. The third kappa shape index (κ3) is 5.04. The van der Waals surface area contributed by atoms with Gasteiger partial charge in [-0.1, -0.05) is 188 Å². The molecule has 0 fully saturated rings. The fourth-order valence-electron chi connectivity index (χ4n) is 7.86. The quantitative estimate of drug-likeness (QED) is 0.177. The van der Waals surface area contributed by atoms with Gasteiger partial charge in [0.25, 0.3) is 0 Å². The lowest BCUT2D eigenvalue weighted by Crippen LogP contribution is -1.98. The van der Waals surface area contributed by atoms with Gasteiger partial charge in [-0.05, 0) is 72.5 Å². The van der Waals surface area contributed by atoms with Gasteiger partial charge in [0.15, 0.2) is 5.82 Å². The second kappa shape index (κ2) is 12.5. The average Bonchev–Trinajstić information content (AvgIpc) is 3.56. The Balaban J connectivity index is 1.08. The summed E-state index contributed by atoms with van der Waals surface area (Å²) in [6, 6.07) is 69.0. The summed E-state index contributed by atoms with van der Waals surface area (Å²) in [6.07, 6.45) is 0. The molecule has 9 aromatic rings. The minimum atomic E-state index is 0.704. The zero-order chi connectivity index (χ0) is 34.4. The van der Waals surface area contributed by atoms with Crippen LogP contribution in [-0.2, 0) is 0 Å². The molecule has 2 heteroatoms. The van der Waals surface area contributed by atoms with Gasteiger partial charge in [-0.25, -0.2) is 9.97 Å². The lowest BCUT2D eigenvalue weighted by molar-refractivity contribution is 1.18. The van der Waals surface area contributed by atoms with Crippen LogP contribution in [0.15, 0.2) is 194 Å². The van der Waals surface area contributed by atoms with Gasteiger partial charge in [0.2, 0.25) is 0 Å². The molecular formula is C50H32N2. The molecule has 0 N–H and O–H groups in total. The van der Waals surface area contributed by atoms with Crippen LogP contribution in [0.3, 0.4) is 0 Å². The molecule has 1 aliphatic carbocycles. The van der Waals surface area contributed by atoms with Gasteiger partial charge in [-0.3, -0.25) is 0 Å². The summed E-state index contributed by atoms with van der Waals surface area (Å²) in [5.74, 6) is 0.704. The molecule has 0 saturated heterocycles. The zero-order valence-electron chi connectivity index (χ0n) is 28.4. The highest BCUT2D eigenvalue weighted by Crippen LogP contribution is 2.49. The topological polar surface area (TPSA) is 25.8 Å². The van der Waals surface area contributed by atoms with E-state index in [9.17, 15) is 0 Å². The molecule has 0 spiro atoms. The minimum absolute atomic E-state index is 0.704. The van der Waals surface area contributed by atoms with Crippen molar-refractivity contribution in [3.63, 3.8) is 0 Å². The molecule has 0 bridgehead atoms. The van der Waals surface area contributed by atoms with E-state index < -0.39 is 0 Å². The van der Waals surface area contributed by atoms with Crippen LogP contribution in [0.5, 0.6) is 0 Å². The number of hydrogen-bond donors (Lipinski definition) is 0. The Labute approximate surface area is 303 Å². The highest BCUT2D eigenvalue weighted by molar-refractivity contribution is 6.18. The first-order chi connectivity index (χ1) is 25.8. The average molecular weight is 661 g/mol. The third-order valence-electron chi connectivity index (χ3n) is 10.3. The van der Waals surface area contributed by atoms with Crippen LogP contribution in [0, 0.1) is 0 Å². The molecular weight excluding hydrogens is 629 g/mol. The van der Waals surface area contributed by atoms with Crippen LogP contribution in [0.4, 0.5) is 0 Å². The number of nitrogens with zero attached hydrogens (tertiary/aromatic N) is 2. The lowest BCUT2D eigenvalue weighted by Gasteiger charge is -2.15. The zero-order valence-corrected chi connectivity index (χ0v) is 28.4. The molecule has 10 rings (SSSR count). The molecule has 242 valence electrons. The maximum absolute atomic E-state index is 5.30. The lowest BCUT2D eigenvalue weighted by atomic mass is 9.92. The van der Waals surface area contributed by atoms with Crippen LogP contribution in [0.1, 0.15) is 0 Å². The van der Waals surface area contributed by atoms with Crippen LogP contribution in [0.25, 0.3) is 100 Å². The van der Waals surface area contributed by atoms with E-state index in [1.54, 1.807) is 0 Å². The number of hydrogen-bond acceptors (Lipinski definition) is 2. The van der Waals surface area contributed by atoms with Crippen molar-refractivity contribution in [1.82, 2.24) is 9.97 Å². The van der Waals surface area contributed by atoms with E-state index >= 15 is 0 Å².